The Labute approximate surface area is 112 Å². The molecule has 3 rings (SSSR count). The molecule has 0 spiro atoms. The fourth-order valence-electron chi connectivity index (χ4n) is 2.35. The van der Waals surface area contributed by atoms with Crippen LogP contribution in [0.25, 0.3) is 11.3 Å². The van der Waals surface area contributed by atoms with Gasteiger partial charge in [0.05, 0.1) is 5.69 Å². The maximum atomic E-state index is 6.03. The van der Waals surface area contributed by atoms with Gasteiger partial charge >= 0.3 is 0 Å². The van der Waals surface area contributed by atoms with E-state index in [9.17, 15) is 0 Å². The Hall–Kier alpha value is -1.48. The molecule has 0 atom stereocenters. The summed E-state index contributed by atoms with van der Waals surface area (Å²) in [5.41, 5.74) is 4.89. The molecule has 94 valence electrons. The lowest BCUT2D eigenvalue weighted by molar-refractivity contribution is 0.686. The van der Waals surface area contributed by atoms with E-state index in [0.29, 0.717) is 5.92 Å². The van der Waals surface area contributed by atoms with Crippen LogP contribution < -0.4 is 5.32 Å². The van der Waals surface area contributed by atoms with Crippen LogP contribution in [0.2, 0.25) is 5.02 Å². The highest BCUT2D eigenvalue weighted by Gasteiger charge is 2.24. The number of rotatable bonds is 3. The molecule has 0 saturated carbocycles. The number of aromatic nitrogens is 2. The summed E-state index contributed by atoms with van der Waals surface area (Å²) in [4.78, 5) is 0. The van der Waals surface area contributed by atoms with Gasteiger partial charge in [0.15, 0.2) is 5.82 Å². The number of hydrogen-bond acceptors (Lipinski definition) is 2. The molecule has 0 fully saturated rings. The van der Waals surface area contributed by atoms with Gasteiger partial charge in [-0.1, -0.05) is 31.5 Å². The van der Waals surface area contributed by atoms with Crippen LogP contribution in [-0.2, 0) is 6.42 Å². The number of anilines is 1. The Bertz CT molecular complexity index is 587. The lowest BCUT2D eigenvalue weighted by atomic mass is 10.1. The molecule has 2 aromatic rings. The minimum Gasteiger partial charge on any atom is -0.368 e. The molecule has 3 nitrogen and oxygen atoms in total. The standard InChI is InChI=1S/C14H16ClN3/c1-8(2)7-16-14-12-6-9-5-10(15)3-4-11(9)13(12)17-18-14/h3-5,8H,6-7H2,1-2H3,(H2,16,17,18). The number of benzene rings is 1. The van der Waals surface area contributed by atoms with Gasteiger partial charge in [0.1, 0.15) is 0 Å². The molecular weight excluding hydrogens is 246 g/mol. The van der Waals surface area contributed by atoms with Gasteiger partial charge in [-0.2, -0.15) is 5.10 Å². The summed E-state index contributed by atoms with van der Waals surface area (Å²) in [6, 6.07) is 6.03. The van der Waals surface area contributed by atoms with Crippen molar-refractivity contribution in [2.75, 3.05) is 11.9 Å². The summed E-state index contributed by atoms with van der Waals surface area (Å²) in [5.74, 6) is 1.58. The van der Waals surface area contributed by atoms with E-state index < -0.39 is 0 Å². The van der Waals surface area contributed by atoms with Crippen molar-refractivity contribution in [3.63, 3.8) is 0 Å². The van der Waals surface area contributed by atoms with Crippen molar-refractivity contribution in [3.05, 3.63) is 34.3 Å². The molecule has 2 N–H and O–H groups in total. The smallest absolute Gasteiger partial charge is 0.151 e. The highest BCUT2D eigenvalue weighted by molar-refractivity contribution is 6.30. The Balaban J connectivity index is 1.92. The molecule has 0 unspecified atom stereocenters. The number of fused-ring (bicyclic) bond motifs is 3. The Morgan fingerprint density at radius 2 is 2.28 bits per heavy atom. The number of hydrogen-bond donors (Lipinski definition) is 2. The van der Waals surface area contributed by atoms with Crippen LogP contribution in [0.15, 0.2) is 18.2 Å². The van der Waals surface area contributed by atoms with Crippen LogP contribution >= 0.6 is 11.6 Å². The van der Waals surface area contributed by atoms with E-state index >= 15 is 0 Å². The van der Waals surface area contributed by atoms with E-state index in [1.165, 1.54) is 16.7 Å². The zero-order valence-electron chi connectivity index (χ0n) is 10.5. The third kappa shape index (κ3) is 1.89. The largest absolute Gasteiger partial charge is 0.368 e. The minimum atomic E-state index is 0.607. The molecule has 1 aromatic carbocycles. The van der Waals surface area contributed by atoms with Crippen LogP contribution in [0.5, 0.6) is 0 Å². The molecule has 18 heavy (non-hydrogen) atoms. The maximum absolute atomic E-state index is 6.03. The first kappa shape index (κ1) is 11.6. The summed E-state index contributed by atoms with van der Waals surface area (Å²) >= 11 is 6.03. The number of H-pyrrole nitrogens is 1. The average Bonchev–Trinajstić information content (AvgIpc) is 2.84. The first-order valence-corrected chi connectivity index (χ1v) is 6.63. The van der Waals surface area contributed by atoms with E-state index in [0.717, 1.165) is 29.5 Å². The molecule has 1 heterocycles. The minimum absolute atomic E-state index is 0.607. The summed E-state index contributed by atoms with van der Waals surface area (Å²) in [6.07, 6.45) is 0.905. The molecule has 1 aliphatic rings. The zero-order valence-corrected chi connectivity index (χ0v) is 11.3. The predicted molar refractivity (Wildman–Crippen MR) is 75.2 cm³/mol. The normalized spacial score (nSPS) is 12.7. The van der Waals surface area contributed by atoms with Crippen molar-refractivity contribution in [2.24, 2.45) is 5.92 Å². The monoisotopic (exact) mass is 261 g/mol. The van der Waals surface area contributed by atoms with Crippen LogP contribution in [0, 0.1) is 5.92 Å². The fraction of sp³-hybridized carbons (Fsp3) is 0.357. The average molecular weight is 262 g/mol. The molecule has 0 radical (unpaired) electrons. The van der Waals surface area contributed by atoms with E-state index in [1.54, 1.807) is 0 Å². The van der Waals surface area contributed by atoms with Gasteiger partial charge in [0, 0.05) is 29.1 Å². The van der Waals surface area contributed by atoms with E-state index in [1.807, 2.05) is 12.1 Å². The molecular formula is C14H16ClN3. The third-order valence-electron chi connectivity index (χ3n) is 3.25. The summed E-state index contributed by atoms with van der Waals surface area (Å²) in [6.45, 7) is 5.32. The number of nitrogens with one attached hydrogen (secondary N) is 2. The van der Waals surface area contributed by atoms with Crippen molar-refractivity contribution < 1.29 is 0 Å². The first-order chi connectivity index (χ1) is 8.65. The van der Waals surface area contributed by atoms with Gasteiger partial charge in [-0.25, -0.2) is 0 Å². The molecule has 1 aliphatic carbocycles. The highest BCUT2D eigenvalue weighted by Crippen LogP contribution is 2.39. The van der Waals surface area contributed by atoms with Gasteiger partial charge in [0.2, 0.25) is 0 Å². The van der Waals surface area contributed by atoms with Crippen molar-refractivity contribution in [1.82, 2.24) is 10.2 Å². The molecule has 0 saturated heterocycles. The van der Waals surface area contributed by atoms with Crippen molar-refractivity contribution in [2.45, 2.75) is 20.3 Å². The molecule has 0 bridgehead atoms. The molecule has 4 heteroatoms. The summed E-state index contributed by atoms with van der Waals surface area (Å²) < 4.78 is 0. The predicted octanol–water partition coefficient (Wildman–Crippen LogP) is 3.70. The van der Waals surface area contributed by atoms with Gasteiger partial charge < -0.3 is 5.32 Å². The number of nitrogens with zero attached hydrogens (tertiary/aromatic N) is 1. The Morgan fingerprint density at radius 1 is 1.44 bits per heavy atom. The van der Waals surface area contributed by atoms with Crippen LogP contribution in [0.4, 0.5) is 5.82 Å². The Kier molecular flexibility index (Phi) is 2.78. The summed E-state index contributed by atoms with van der Waals surface area (Å²) in [5, 5.41) is 11.7. The van der Waals surface area contributed by atoms with Crippen LogP contribution in [0.3, 0.4) is 0 Å². The second kappa shape index (κ2) is 4.32. The van der Waals surface area contributed by atoms with Gasteiger partial charge in [0.25, 0.3) is 0 Å². The first-order valence-electron chi connectivity index (χ1n) is 6.25. The van der Waals surface area contributed by atoms with E-state index in [4.69, 9.17) is 11.6 Å². The molecule has 0 amide bonds. The molecule has 0 aliphatic heterocycles. The fourth-order valence-corrected chi connectivity index (χ4v) is 2.54. The van der Waals surface area contributed by atoms with E-state index in [-0.39, 0.29) is 0 Å². The second-order valence-electron chi connectivity index (χ2n) is 5.18. The van der Waals surface area contributed by atoms with Gasteiger partial charge in [-0.05, 0) is 23.6 Å². The maximum Gasteiger partial charge on any atom is 0.151 e. The van der Waals surface area contributed by atoms with E-state index in [2.05, 4.69) is 35.4 Å². The number of halogens is 1. The SMILES string of the molecule is CC(C)CNc1n[nH]c2c1Cc1cc(Cl)ccc1-2. The summed E-state index contributed by atoms with van der Waals surface area (Å²) in [7, 11) is 0. The Morgan fingerprint density at radius 3 is 3.06 bits per heavy atom. The van der Waals surface area contributed by atoms with Crippen LogP contribution in [-0.4, -0.2) is 16.7 Å². The topological polar surface area (TPSA) is 40.7 Å². The second-order valence-corrected chi connectivity index (χ2v) is 5.62. The quantitative estimate of drug-likeness (QED) is 0.755. The van der Waals surface area contributed by atoms with Crippen molar-refractivity contribution >= 4 is 17.4 Å². The van der Waals surface area contributed by atoms with Gasteiger partial charge in [-0.3, -0.25) is 5.10 Å². The lowest BCUT2D eigenvalue weighted by Gasteiger charge is -2.07. The van der Waals surface area contributed by atoms with Crippen molar-refractivity contribution in [3.8, 4) is 11.3 Å². The van der Waals surface area contributed by atoms with Crippen molar-refractivity contribution in [1.29, 1.82) is 0 Å². The third-order valence-corrected chi connectivity index (χ3v) is 3.48. The zero-order chi connectivity index (χ0) is 12.7. The number of aromatic amines is 1. The highest BCUT2D eigenvalue weighted by atomic mass is 35.5. The molecule has 1 aromatic heterocycles. The van der Waals surface area contributed by atoms with Crippen LogP contribution in [0.1, 0.15) is 25.0 Å². The van der Waals surface area contributed by atoms with Gasteiger partial charge in [-0.15, -0.1) is 0 Å². The lowest BCUT2D eigenvalue weighted by Crippen LogP contribution is -2.09.